The summed E-state index contributed by atoms with van der Waals surface area (Å²) in [7, 11) is 0. The maximum absolute atomic E-state index is 12.4. The molecule has 0 heterocycles. The number of nitrogens with zero attached hydrogens (tertiary/aromatic N) is 1. The van der Waals surface area contributed by atoms with Gasteiger partial charge in [-0.15, -0.1) is 0 Å². The van der Waals surface area contributed by atoms with Gasteiger partial charge in [0.15, 0.2) is 0 Å². The van der Waals surface area contributed by atoms with Crippen molar-refractivity contribution in [1.82, 2.24) is 0 Å². The molecule has 0 bridgehead atoms. The van der Waals surface area contributed by atoms with Crippen LogP contribution in [0, 0.1) is 0 Å². The van der Waals surface area contributed by atoms with Crippen molar-refractivity contribution in [3.8, 4) is 5.75 Å². The monoisotopic (exact) mass is 237 g/mol. The van der Waals surface area contributed by atoms with Crippen LogP contribution in [-0.2, 0) is 0 Å². The first-order chi connectivity index (χ1) is 7.45. The van der Waals surface area contributed by atoms with Gasteiger partial charge in [0.2, 0.25) is 0 Å². The molecule has 0 spiro atoms. The van der Waals surface area contributed by atoms with E-state index in [2.05, 4.69) is 9.89 Å². The van der Waals surface area contributed by atoms with E-state index in [1.54, 1.807) is 0 Å². The SMILES string of the molecule is ON=Cc1ccc(OC(F)(F)C(F)F)cc1. The Labute approximate surface area is 87.9 Å². The van der Waals surface area contributed by atoms with Gasteiger partial charge in [0.1, 0.15) is 5.75 Å². The van der Waals surface area contributed by atoms with Crippen LogP contribution in [0.15, 0.2) is 29.4 Å². The minimum atomic E-state index is -4.52. The van der Waals surface area contributed by atoms with Gasteiger partial charge in [0.05, 0.1) is 6.21 Å². The standard InChI is InChI=1S/C9H7F4NO2/c10-8(11)9(12,13)16-7-3-1-6(2-4-7)5-14-15/h1-5,8,15H. The number of benzene rings is 1. The smallest absolute Gasteiger partial charge is 0.428 e. The van der Waals surface area contributed by atoms with Crippen molar-refractivity contribution in [2.24, 2.45) is 5.16 Å². The van der Waals surface area contributed by atoms with Crippen LogP contribution >= 0.6 is 0 Å². The van der Waals surface area contributed by atoms with Crippen LogP contribution in [0.25, 0.3) is 0 Å². The summed E-state index contributed by atoms with van der Waals surface area (Å²) in [6.07, 6.45) is -7.37. The highest BCUT2D eigenvalue weighted by molar-refractivity contribution is 5.79. The third kappa shape index (κ3) is 3.11. The number of halogens is 4. The molecule has 16 heavy (non-hydrogen) atoms. The summed E-state index contributed by atoms with van der Waals surface area (Å²) in [5.41, 5.74) is 0.412. The van der Waals surface area contributed by atoms with Gasteiger partial charge in [-0.1, -0.05) is 5.16 Å². The van der Waals surface area contributed by atoms with Crippen molar-refractivity contribution < 1.29 is 27.5 Å². The number of hydrogen-bond acceptors (Lipinski definition) is 3. The average Bonchev–Trinajstić information content (AvgIpc) is 2.21. The molecule has 0 aliphatic carbocycles. The van der Waals surface area contributed by atoms with Crippen molar-refractivity contribution in [2.45, 2.75) is 12.5 Å². The topological polar surface area (TPSA) is 41.8 Å². The maximum Gasteiger partial charge on any atom is 0.461 e. The van der Waals surface area contributed by atoms with E-state index in [1.807, 2.05) is 0 Å². The third-order valence-corrected chi connectivity index (χ3v) is 1.59. The molecule has 0 unspecified atom stereocenters. The highest BCUT2D eigenvalue weighted by Crippen LogP contribution is 2.27. The first-order valence-electron chi connectivity index (χ1n) is 4.08. The highest BCUT2D eigenvalue weighted by Gasteiger charge is 2.43. The Kier molecular flexibility index (Phi) is 3.70. The van der Waals surface area contributed by atoms with Gasteiger partial charge < -0.3 is 9.94 Å². The molecule has 0 saturated carbocycles. The van der Waals surface area contributed by atoms with Crippen LogP contribution in [0.1, 0.15) is 5.56 Å². The minimum Gasteiger partial charge on any atom is -0.428 e. The van der Waals surface area contributed by atoms with Gasteiger partial charge in [0, 0.05) is 0 Å². The van der Waals surface area contributed by atoms with Crippen LogP contribution in [0.5, 0.6) is 5.75 Å². The molecule has 0 aromatic heterocycles. The molecule has 1 aromatic rings. The van der Waals surface area contributed by atoms with Gasteiger partial charge in [-0.3, -0.25) is 0 Å². The molecular weight excluding hydrogens is 230 g/mol. The number of alkyl halides is 4. The second kappa shape index (κ2) is 4.82. The van der Waals surface area contributed by atoms with Crippen LogP contribution in [-0.4, -0.2) is 24.0 Å². The van der Waals surface area contributed by atoms with Crippen molar-refractivity contribution in [2.75, 3.05) is 0 Å². The number of hydrogen-bond donors (Lipinski definition) is 1. The lowest BCUT2D eigenvalue weighted by Gasteiger charge is -2.16. The molecule has 1 N–H and O–H groups in total. The molecule has 0 radical (unpaired) electrons. The Morgan fingerprint density at radius 1 is 1.25 bits per heavy atom. The zero-order valence-corrected chi connectivity index (χ0v) is 7.78. The normalized spacial score (nSPS) is 12.3. The van der Waals surface area contributed by atoms with E-state index in [4.69, 9.17) is 5.21 Å². The van der Waals surface area contributed by atoms with Crippen LogP contribution < -0.4 is 4.74 Å². The lowest BCUT2D eigenvalue weighted by Crippen LogP contribution is -2.33. The number of ether oxygens (including phenoxy) is 1. The fourth-order valence-corrected chi connectivity index (χ4v) is 0.890. The van der Waals surface area contributed by atoms with Gasteiger partial charge in [-0.25, -0.2) is 0 Å². The lowest BCUT2D eigenvalue weighted by molar-refractivity contribution is -0.253. The van der Waals surface area contributed by atoms with Crippen molar-refractivity contribution >= 4 is 6.21 Å². The second-order valence-corrected chi connectivity index (χ2v) is 2.78. The third-order valence-electron chi connectivity index (χ3n) is 1.59. The summed E-state index contributed by atoms with van der Waals surface area (Å²) in [6.45, 7) is 0. The molecular formula is C9H7F4NO2. The van der Waals surface area contributed by atoms with E-state index >= 15 is 0 Å². The van der Waals surface area contributed by atoms with Crippen molar-refractivity contribution in [3.05, 3.63) is 29.8 Å². The fraction of sp³-hybridized carbons (Fsp3) is 0.222. The van der Waals surface area contributed by atoms with Crippen LogP contribution in [0.4, 0.5) is 17.6 Å². The molecule has 0 aliphatic heterocycles. The Morgan fingerprint density at radius 2 is 1.81 bits per heavy atom. The first kappa shape index (κ1) is 12.3. The van der Waals surface area contributed by atoms with E-state index in [0.29, 0.717) is 5.56 Å². The zero-order valence-electron chi connectivity index (χ0n) is 7.78. The number of oxime groups is 1. The molecule has 0 amide bonds. The quantitative estimate of drug-likeness (QED) is 0.378. The molecule has 1 aromatic carbocycles. The van der Waals surface area contributed by atoms with Gasteiger partial charge in [-0.05, 0) is 29.8 Å². The van der Waals surface area contributed by atoms with Crippen LogP contribution in [0.2, 0.25) is 0 Å². The zero-order chi connectivity index (χ0) is 12.2. The minimum absolute atomic E-state index is 0.402. The summed E-state index contributed by atoms with van der Waals surface area (Å²) in [5, 5.41) is 10.9. The predicted molar refractivity (Wildman–Crippen MR) is 47.4 cm³/mol. The largest absolute Gasteiger partial charge is 0.461 e. The van der Waals surface area contributed by atoms with Crippen molar-refractivity contribution in [3.63, 3.8) is 0 Å². The van der Waals surface area contributed by atoms with E-state index in [-0.39, 0.29) is 0 Å². The Morgan fingerprint density at radius 3 is 2.25 bits per heavy atom. The van der Waals surface area contributed by atoms with Gasteiger partial charge >= 0.3 is 12.5 Å². The van der Waals surface area contributed by atoms with E-state index in [9.17, 15) is 17.6 Å². The number of rotatable bonds is 4. The van der Waals surface area contributed by atoms with E-state index in [1.165, 1.54) is 12.1 Å². The molecule has 0 aliphatic rings. The molecule has 0 atom stereocenters. The average molecular weight is 237 g/mol. The first-order valence-corrected chi connectivity index (χ1v) is 4.08. The highest BCUT2D eigenvalue weighted by atomic mass is 19.3. The maximum atomic E-state index is 12.4. The molecule has 1 rings (SSSR count). The summed E-state index contributed by atoms with van der Waals surface area (Å²) >= 11 is 0. The van der Waals surface area contributed by atoms with Crippen molar-refractivity contribution in [1.29, 1.82) is 0 Å². The van der Waals surface area contributed by atoms with Crippen LogP contribution in [0.3, 0.4) is 0 Å². The second-order valence-electron chi connectivity index (χ2n) is 2.78. The Bertz CT molecular complexity index is 364. The predicted octanol–water partition coefficient (Wildman–Crippen LogP) is 2.73. The summed E-state index contributed by atoms with van der Waals surface area (Å²) in [5.74, 6) is -0.402. The summed E-state index contributed by atoms with van der Waals surface area (Å²) in [6, 6.07) is 4.67. The van der Waals surface area contributed by atoms with E-state index < -0.39 is 18.3 Å². The fourth-order valence-electron chi connectivity index (χ4n) is 0.890. The Balaban J connectivity index is 2.76. The van der Waals surface area contributed by atoms with E-state index in [0.717, 1.165) is 18.3 Å². The van der Waals surface area contributed by atoms with Gasteiger partial charge in [-0.2, -0.15) is 17.6 Å². The lowest BCUT2D eigenvalue weighted by atomic mass is 10.2. The summed E-state index contributed by atoms with van der Waals surface area (Å²) in [4.78, 5) is 0. The molecule has 7 heteroatoms. The molecule has 3 nitrogen and oxygen atoms in total. The van der Waals surface area contributed by atoms with Gasteiger partial charge in [0.25, 0.3) is 0 Å². The summed E-state index contributed by atoms with van der Waals surface area (Å²) < 4.78 is 52.2. The molecule has 0 fully saturated rings. The Hall–Kier alpha value is -1.79. The molecule has 88 valence electrons. The molecule has 0 saturated heterocycles.